The Hall–Kier alpha value is -1.64. The van der Waals surface area contributed by atoms with E-state index in [1.165, 1.54) is 5.56 Å². The first-order valence-electron chi connectivity index (χ1n) is 5.50. The minimum atomic E-state index is 0.0816. The molecule has 0 saturated carbocycles. The van der Waals surface area contributed by atoms with Gasteiger partial charge < -0.3 is 0 Å². The third-order valence-corrected chi connectivity index (χ3v) is 2.56. The lowest BCUT2D eigenvalue weighted by molar-refractivity contribution is 0.501. The monoisotopic (exact) mass is 215 g/mol. The van der Waals surface area contributed by atoms with E-state index in [0.29, 0.717) is 0 Å². The van der Waals surface area contributed by atoms with Gasteiger partial charge >= 0.3 is 0 Å². The molecule has 1 aromatic heterocycles. The minimum absolute atomic E-state index is 0.0816. The fourth-order valence-corrected chi connectivity index (χ4v) is 1.71. The summed E-state index contributed by atoms with van der Waals surface area (Å²) in [6, 6.07) is 10.3. The van der Waals surface area contributed by atoms with Crippen LogP contribution >= 0.6 is 0 Å². The average molecular weight is 215 g/mol. The lowest BCUT2D eigenvalue weighted by Gasteiger charge is -2.19. The second-order valence-corrected chi connectivity index (χ2v) is 5.01. The summed E-state index contributed by atoms with van der Waals surface area (Å²) in [7, 11) is 0. The Labute approximate surface area is 96.1 Å². The van der Waals surface area contributed by atoms with Crippen LogP contribution in [0.4, 0.5) is 0 Å². The van der Waals surface area contributed by atoms with Gasteiger partial charge in [-0.15, -0.1) is 5.10 Å². The van der Waals surface area contributed by atoms with E-state index in [4.69, 9.17) is 0 Å². The number of rotatable bonds is 2. The SMILES string of the molecule is CC(C)(C)c1cnnn1Cc1ccccc1. The molecular weight excluding hydrogens is 198 g/mol. The second-order valence-electron chi connectivity index (χ2n) is 5.01. The molecule has 0 aliphatic rings. The highest BCUT2D eigenvalue weighted by Crippen LogP contribution is 2.21. The van der Waals surface area contributed by atoms with Crippen LogP contribution in [0.15, 0.2) is 36.5 Å². The third-order valence-electron chi connectivity index (χ3n) is 2.56. The first-order chi connectivity index (χ1) is 7.57. The van der Waals surface area contributed by atoms with E-state index in [9.17, 15) is 0 Å². The fourth-order valence-electron chi connectivity index (χ4n) is 1.71. The van der Waals surface area contributed by atoms with Crippen LogP contribution in [-0.2, 0) is 12.0 Å². The van der Waals surface area contributed by atoms with Crippen molar-refractivity contribution >= 4 is 0 Å². The van der Waals surface area contributed by atoms with Gasteiger partial charge in [-0.2, -0.15) is 0 Å². The first kappa shape index (κ1) is 10.9. The van der Waals surface area contributed by atoms with Gasteiger partial charge in [0.1, 0.15) is 0 Å². The normalized spacial score (nSPS) is 11.7. The van der Waals surface area contributed by atoms with Gasteiger partial charge in [0.2, 0.25) is 0 Å². The van der Waals surface area contributed by atoms with Crippen molar-refractivity contribution in [1.82, 2.24) is 15.0 Å². The van der Waals surface area contributed by atoms with E-state index in [2.05, 4.69) is 43.2 Å². The van der Waals surface area contributed by atoms with E-state index in [-0.39, 0.29) is 5.41 Å². The van der Waals surface area contributed by atoms with Gasteiger partial charge in [-0.3, -0.25) is 0 Å². The molecule has 0 bridgehead atoms. The lowest BCUT2D eigenvalue weighted by Crippen LogP contribution is -2.18. The third kappa shape index (κ3) is 2.30. The molecule has 0 spiro atoms. The highest BCUT2D eigenvalue weighted by Gasteiger charge is 2.19. The zero-order chi connectivity index (χ0) is 11.6. The Balaban J connectivity index is 2.26. The Morgan fingerprint density at radius 3 is 2.44 bits per heavy atom. The number of benzene rings is 1. The van der Waals surface area contributed by atoms with Crippen molar-refractivity contribution in [3.05, 3.63) is 47.8 Å². The maximum absolute atomic E-state index is 4.14. The molecule has 0 aliphatic heterocycles. The molecule has 16 heavy (non-hydrogen) atoms. The van der Waals surface area contributed by atoms with Crippen LogP contribution in [0.25, 0.3) is 0 Å². The number of aromatic nitrogens is 3. The molecule has 0 amide bonds. The number of hydrogen-bond donors (Lipinski definition) is 0. The standard InChI is InChI=1S/C13H17N3/c1-13(2,3)12-9-14-15-16(12)10-11-7-5-4-6-8-11/h4-9H,10H2,1-3H3. The molecular formula is C13H17N3. The molecule has 3 nitrogen and oxygen atoms in total. The van der Waals surface area contributed by atoms with Crippen LogP contribution in [0.3, 0.4) is 0 Å². The highest BCUT2D eigenvalue weighted by molar-refractivity contribution is 5.17. The van der Waals surface area contributed by atoms with Crippen molar-refractivity contribution in [1.29, 1.82) is 0 Å². The van der Waals surface area contributed by atoms with Gasteiger partial charge in [-0.25, -0.2) is 4.68 Å². The molecule has 1 heterocycles. The van der Waals surface area contributed by atoms with Crippen LogP contribution < -0.4 is 0 Å². The van der Waals surface area contributed by atoms with Crippen molar-refractivity contribution in [2.24, 2.45) is 0 Å². The van der Waals surface area contributed by atoms with E-state index in [1.54, 1.807) is 0 Å². The molecule has 0 atom stereocenters. The first-order valence-corrected chi connectivity index (χ1v) is 5.50. The number of nitrogens with zero attached hydrogens (tertiary/aromatic N) is 3. The molecule has 1 aromatic carbocycles. The Morgan fingerprint density at radius 1 is 1.12 bits per heavy atom. The van der Waals surface area contributed by atoms with Gasteiger partial charge in [-0.05, 0) is 5.56 Å². The Kier molecular flexibility index (Phi) is 2.77. The zero-order valence-electron chi connectivity index (χ0n) is 10.0. The van der Waals surface area contributed by atoms with E-state index in [1.807, 2.05) is 29.1 Å². The maximum atomic E-state index is 4.14. The van der Waals surface area contributed by atoms with E-state index in [0.717, 1.165) is 12.2 Å². The summed E-state index contributed by atoms with van der Waals surface area (Å²) in [6.45, 7) is 7.31. The summed E-state index contributed by atoms with van der Waals surface area (Å²) in [5.41, 5.74) is 2.49. The van der Waals surface area contributed by atoms with Crippen molar-refractivity contribution in [2.45, 2.75) is 32.7 Å². The molecule has 0 saturated heterocycles. The van der Waals surface area contributed by atoms with E-state index < -0.39 is 0 Å². The highest BCUT2D eigenvalue weighted by atomic mass is 15.4. The lowest BCUT2D eigenvalue weighted by atomic mass is 9.92. The van der Waals surface area contributed by atoms with Gasteiger partial charge in [-0.1, -0.05) is 56.3 Å². The second kappa shape index (κ2) is 4.08. The van der Waals surface area contributed by atoms with Crippen LogP contribution in [-0.4, -0.2) is 15.0 Å². The molecule has 3 heteroatoms. The molecule has 2 aromatic rings. The maximum Gasteiger partial charge on any atom is 0.0730 e. The summed E-state index contributed by atoms with van der Waals surface area (Å²) in [4.78, 5) is 0. The summed E-state index contributed by atoms with van der Waals surface area (Å²) < 4.78 is 1.97. The summed E-state index contributed by atoms with van der Waals surface area (Å²) in [6.07, 6.45) is 1.85. The van der Waals surface area contributed by atoms with Crippen LogP contribution in [0.5, 0.6) is 0 Å². The molecule has 0 fully saturated rings. The summed E-state index contributed by atoms with van der Waals surface area (Å²) in [5, 5.41) is 8.14. The fraction of sp³-hybridized carbons (Fsp3) is 0.385. The van der Waals surface area contributed by atoms with Gasteiger partial charge in [0.05, 0.1) is 18.4 Å². The predicted octanol–water partition coefficient (Wildman–Crippen LogP) is 2.62. The van der Waals surface area contributed by atoms with Crippen LogP contribution in [0.1, 0.15) is 32.0 Å². The molecule has 0 unspecified atom stereocenters. The van der Waals surface area contributed by atoms with Gasteiger partial charge in [0.15, 0.2) is 0 Å². The largest absolute Gasteiger partial charge is 0.244 e. The van der Waals surface area contributed by atoms with Crippen molar-refractivity contribution in [3.63, 3.8) is 0 Å². The smallest absolute Gasteiger partial charge is 0.0730 e. The predicted molar refractivity (Wildman–Crippen MR) is 64.3 cm³/mol. The number of hydrogen-bond acceptors (Lipinski definition) is 2. The van der Waals surface area contributed by atoms with Gasteiger partial charge in [0, 0.05) is 5.41 Å². The van der Waals surface area contributed by atoms with Crippen molar-refractivity contribution < 1.29 is 0 Å². The summed E-state index contributed by atoms with van der Waals surface area (Å²) in [5.74, 6) is 0. The zero-order valence-corrected chi connectivity index (χ0v) is 10.0. The van der Waals surface area contributed by atoms with Crippen LogP contribution in [0.2, 0.25) is 0 Å². The quantitative estimate of drug-likeness (QED) is 0.771. The molecule has 84 valence electrons. The molecule has 2 rings (SSSR count). The summed E-state index contributed by atoms with van der Waals surface area (Å²) >= 11 is 0. The topological polar surface area (TPSA) is 30.7 Å². The van der Waals surface area contributed by atoms with E-state index >= 15 is 0 Å². The van der Waals surface area contributed by atoms with Crippen molar-refractivity contribution in [2.75, 3.05) is 0 Å². The Morgan fingerprint density at radius 2 is 1.81 bits per heavy atom. The molecule has 0 radical (unpaired) electrons. The average Bonchev–Trinajstić information content (AvgIpc) is 2.67. The molecule has 0 aliphatic carbocycles. The minimum Gasteiger partial charge on any atom is -0.244 e. The van der Waals surface area contributed by atoms with Gasteiger partial charge in [0.25, 0.3) is 0 Å². The molecule has 0 N–H and O–H groups in total. The van der Waals surface area contributed by atoms with Crippen molar-refractivity contribution in [3.8, 4) is 0 Å². The van der Waals surface area contributed by atoms with Crippen LogP contribution in [0, 0.1) is 0 Å². The Bertz CT molecular complexity index is 452.